The first-order valence-electron chi connectivity index (χ1n) is 11.6. The molecular weight excluding hydrogens is 510 g/mol. The monoisotopic (exact) mass is 539 g/mol. The lowest BCUT2D eigenvalue weighted by Gasteiger charge is -2.19. The van der Waals surface area contributed by atoms with Crippen LogP contribution in [0.25, 0.3) is 0 Å². The number of nitrogens with two attached hydrogens (primary N) is 2. The highest BCUT2D eigenvalue weighted by molar-refractivity contribution is 5.95. The van der Waals surface area contributed by atoms with Gasteiger partial charge in [0.05, 0.1) is 24.3 Å². The fourth-order valence-electron chi connectivity index (χ4n) is 3.26. The molecule has 2 rings (SSSR count). The Bertz CT molecular complexity index is 1140. The zero-order valence-corrected chi connectivity index (χ0v) is 20.6. The van der Waals surface area contributed by atoms with Crippen LogP contribution in [-0.4, -0.2) is 48.5 Å². The van der Waals surface area contributed by atoms with Crippen molar-refractivity contribution >= 4 is 17.8 Å². The molecule has 0 spiro atoms. The Morgan fingerprint density at radius 1 is 1.13 bits per heavy atom. The van der Waals surface area contributed by atoms with Gasteiger partial charge in [-0.15, -0.1) is 0 Å². The van der Waals surface area contributed by atoms with Crippen molar-refractivity contribution < 1.29 is 36.7 Å². The molecule has 0 fully saturated rings. The van der Waals surface area contributed by atoms with E-state index < -0.39 is 46.9 Å². The van der Waals surface area contributed by atoms with E-state index in [-0.39, 0.29) is 37.9 Å². The summed E-state index contributed by atoms with van der Waals surface area (Å²) in [6, 6.07) is 9.93. The fourth-order valence-corrected chi connectivity index (χ4v) is 3.26. The zero-order valence-electron chi connectivity index (χ0n) is 20.6. The Morgan fingerprint density at radius 3 is 2.42 bits per heavy atom. The number of nitrogens with one attached hydrogen (secondary N) is 2. The highest BCUT2D eigenvalue weighted by atomic mass is 19.4. The standard InChI is InChI=1S/C25H29F4N5O4/c1-2-38-24(37)21(11-8-16-6-4-3-5-7-16)33-23(36)20(30)15-34(31)13-12-32-22(35)18-10-9-17(14-19(18)26)25(27,28)29/h3-7,9-10,14-15,21H,2,8,11-13,30-31H2,1H3,(H,32,35)(H,33,36)/b20-15-/t21-/m0/s1. The molecular formula is C25H29F4N5O4. The molecule has 6 N–H and O–H groups in total. The van der Waals surface area contributed by atoms with Crippen LogP contribution < -0.4 is 22.2 Å². The number of hydrogen-bond donors (Lipinski definition) is 4. The lowest BCUT2D eigenvalue weighted by atomic mass is 10.1. The first kappa shape index (κ1) is 30.1. The summed E-state index contributed by atoms with van der Waals surface area (Å²) >= 11 is 0. The van der Waals surface area contributed by atoms with Crippen molar-refractivity contribution in [2.24, 2.45) is 11.6 Å². The summed E-state index contributed by atoms with van der Waals surface area (Å²) in [6.45, 7) is 1.53. The maximum Gasteiger partial charge on any atom is 0.416 e. The summed E-state index contributed by atoms with van der Waals surface area (Å²) in [5.41, 5.74) is 4.63. The van der Waals surface area contributed by atoms with E-state index in [1.165, 1.54) is 0 Å². The van der Waals surface area contributed by atoms with Gasteiger partial charge in [-0.2, -0.15) is 13.2 Å². The number of esters is 1. The molecule has 38 heavy (non-hydrogen) atoms. The number of rotatable bonds is 12. The largest absolute Gasteiger partial charge is 0.464 e. The second kappa shape index (κ2) is 14.0. The summed E-state index contributed by atoms with van der Waals surface area (Å²) in [7, 11) is 0. The third kappa shape index (κ3) is 9.39. The first-order chi connectivity index (χ1) is 17.9. The number of ether oxygens (including phenoxy) is 1. The number of carbonyl (C=O) groups excluding carboxylic acids is 3. The maximum absolute atomic E-state index is 13.9. The van der Waals surface area contributed by atoms with E-state index in [9.17, 15) is 31.9 Å². The minimum Gasteiger partial charge on any atom is -0.464 e. The number of hydrazine groups is 1. The summed E-state index contributed by atoms with van der Waals surface area (Å²) in [5.74, 6) is 2.09. The van der Waals surface area contributed by atoms with Crippen LogP contribution >= 0.6 is 0 Å². The van der Waals surface area contributed by atoms with Gasteiger partial charge in [-0.25, -0.2) is 15.0 Å². The maximum atomic E-state index is 13.9. The fraction of sp³-hybridized carbons (Fsp3) is 0.320. The molecule has 0 aliphatic heterocycles. The molecule has 2 aromatic carbocycles. The zero-order chi connectivity index (χ0) is 28.3. The highest BCUT2D eigenvalue weighted by Gasteiger charge is 2.31. The molecule has 1 atom stereocenters. The van der Waals surface area contributed by atoms with Gasteiger partial charge in [0.2, 0.25) is 0 Å². The molecule has 0 bridgehead atoms. The topological polar surface area (TPSA) is 140 Å². The lowest BCUT2D eigenvalue weighted by Crippen LogP contribution is -2.44. The number of halogens is 4. The number of amides is 2. The Kier molecular flexibility index (Phi) is 11.1. The van der Waals surface area contributed by atoms with E-state index in [2.05, 4.69) is 10.6 Å². The van der Waals surface area contributed by atoms with Gasteiger partial charge >= 0.3 is 12.1 Å². The second-order valence-corrected chi connectivity index (χ2v) is 8.07. The van der Waals surface area contributed by atoms with Crippen LogP contribution in [-0.2, 0) is 26.9 Å². The van der Waals surface area contributed by atoms with Gasteiger partial charge in [-0.1, -0.05) is 30.3 Å². The minimum atomic E-state index is -4.74. The number of nitrogens with zero attached hydrogens (tertiary/aromatic N) is 1. The number of aryl methyl sites for hydroxylation is 1. The Hall–Kier alpha value is -4.13. The van der Waals surface area contributed by atoms with Crippen LogP contribution in [0.2, 0.25) is 0 Å². The molecule has 0 aliphatic rings. The van der Waals surface area contributed by atoms with Crippen LogP contribution in [0.15, 0.2) is 60.4 Å². The summed E-state index contributed by atoms with van der Waals surface area (Å²) in [4.78, 5) is 36.9. The van der Waals surface area contributed by atoms with Gasteiger partial charge in [0.1, 0.15) is 17.6 Å². The average Bonchev–Trinajstić information content (AvgIpc) is 2.86. The Balaban J connectivity index is 1.90. The molecule has 0 aromatic heterocycles. The third-order valence-electron chi connectivity index (χ3n) is 5.20. The Labute approximate surface area is 216 Å². The summed E-state index contributed by atoms with van der Waals surface area (Å²) < 4.78 is 56.9. The highest BCUT2D eigenvalue weighted by Crippen LogP contribution is 2.30. The van der Waals surface area contributed by atoms with E-state index in [0.717, 1.165) is 22.8 Å². The van der Waals surface area contributed by atoms with Gasteiger partial charge in [0, 0.05) is 12.7 Å². The molecule has 0 saturated carbocycles. The van der Waals surface area contributed by atoms with E-state index in [0.29, 0.717) is 12.5 Å². The summed E-state index contributed by atoms with van der Waals surface area (Å²) in [5, 5.41) is 5.80. The minimum absolute atomic E-state index is 0.0860. The van der Waals surface area contributed by atoms with E-state index in [4.69, 9.17) is 16.3 Å². The first-order valence-corrected chi connectivity index (χ1v) is 11.6. The molecule has 0 unspecified atom stereocenters. The van der Waals surface area contributed by atoms with Gasteiger partial charge in [0.15, 0.2) is 0 Å². The van der Waals surface area contributed by atoms with Crippen LogP contribution in [0, 0.1) is 5.82 Å². The molecule has 0 heterocycles. The molecule has 9 nitrogen and oxygen atoms in total. The third-order valence-corrected chi connectivity index (χ3v) is 5.20. The molecule has 0 radical (unpaired) electrons. The van der Waals surface area contributed by atoms with Gasteiger partial charge in [-0.05, 0) is 43.5 Å². The van der Waals surface area contributed by atoms with Crippen molar-refractivity contribution in [3.63, 3.8) is 0 Å². The number of carbonyl (C=O) groups is 3. The molecule has 0 saturated heterocycles. The predicted octanol–water partition coefficient (Wildman–Crippen LogP) is 2.23. The number of benzene rings is 2. The van der Waals surface area contributed by atoms with Crippen molar-refractivity contribution in [3.05, 3.63) is 82.9 Å². The van der Waals surface area contributed by atoms with Crippen LogP contribution in [0.4, 0.5) is 17.6 Å². The predicted molar refractivity (Wildman–Crippen MR) is 130 cm³/mol. The molecule has 206 valence electrons. The smallest absolute Gasteiger partial charge is 0.416 e. The van der Waals surface area contributed by atoms with Crippen LogP contribution in [0.3, 0.4) is 0 Å². The van der Waals surface area contributed by atoms with E-state index >= 15 is 0 Å². The van der Waals surface area contributed by atoms with Gasteiger partial charge in [-0.3, -0.25) is 9.59 Å². The summed E-state index contributed by atoms with van der Waals surface area (Å²) in [6.07, 6.45) is -2.91. The van der Waals surface area contributed by atoms with E-state index in [1.54, 1.807) is 6.92 Å². The molecule has 2 amide bonds. The van der Waals surface area contributed by atoms with Crippen LogP contribution in [0.5, 0.6) is 0 Å². The van der Waals surface area contributed by atoms with Crippen molar-refractivity contribution in [3.8, 4) is 0 Å². The Morgan fingerprint density at radius 2 is 1.82 bits per heavy atom. The van der Waals surface area contributed by atoms with Crippen LogP contribution in [0.1, 0.15) is 34.8 Å². The quantitative estimate of drug-likeness (QED) is 0.107. The van der Waals surface area contributed by atoms with Crippen molar-refractivity contribution in [2.45, 2.75) is 32.0 Å². The number of hydrogen-bond acceptors (Lipinski definition) is 7. The number of alkyl halides is 3. The second-order valence-electron chi connectivity index (χ2n) is 8.07. The van der Waals surface area contributed by atoms with Crippen molar-refractivity contribution in [1.82, 2.24) is 15.6 Å². The normalized spacial score (nSPS) is 12.4. The average molecular weight is 540 g/mol. The molecule has 13 heteroatoms. The van der Waals surface area contributed by atoms with Gasteiger partial charge < -0.3 is 26.1 Å². The molecule has 0 aliphatic carbocycles. The van der Waals surface area contributed by atoms with Crippen molar-refractivity contribution in [2.75, 3.05) is 19.7 Å². The van der Waals surface area contributed by atoms with Gasteiger partial charge in [0.25, 0.3) is 11.8 Å². The molecule has 2 aromatic rings. The van der Waals surface area contributed by atoms with Crippen molar-refractivity contribution in [1.29, 1.82) is 0 Å². The SMILES string of the molecule is CCOC(=O)[C@H](CCc1ccccc1)NC(=O)/C(N)=C/N(N)CCNC(=O)c1ccc(C(F)(F)F)cc1F. The lowest BCUT2D eigenvalue weighted by molar-refractivity contribution is -0.147. The van der Waals surface area contributed by atoms with E-state index in [1.807, 2.05) is 30.3 Å².